The number of aliphatic hydroxyl groups excluding tert-OH is 1. The summed E-state index contributed by atoms with van der Waals surface area (Å²) in [6, 6.07) is 12.5. The summed E-state index contributed by atoms with van der Waals surface area (Å²) in [5.74, 6) is -0.539. The maximum atomic E-state index is 12.1. The molecular weight excluding hydrogens is 302 g/mol. The number of nitrogens with one attached hydrogen (secondary N) is 1. The summed E-state index contributed by atoms with van der Waals surface area (Å²) in [5, 5.41) is 11.7. The minimum atomic E-state index is -0.539. The Labute approximate surface area is 133 Å². The summed E-state index contributed by atoms with van der Waals surface area (Å²) in [4.78, 5) is 23.1. The molecule has 0 aromatic heterocycles. The minimum Gasteiger partial charge on any atom is -0.392 e. The Bertz CT molecular complexity index is 689. The zero-order valence-electron chi connectivity index (χ0n) is 11.6. The zero-order chi connectivity index (χ0) is 16.1. The SMILES string of the molecule is NC(=O)c1ccc(N(S)C(=O)Nc2cccc(CO)c2)cc1. The molecule has 0 unspecified atom stereocenters. The second kappa shape index (κ2) is 6.97. The summed E-state index contributed by atoms with van der Waals surface area (Å²) in [7, 11) is 0. The molecule has 0 saturated heterocycles. The summed E-state index contributed by atoms with van der Waals surface area (Å²) >= 11 is 4.14. The average molecular weight is 317 g/mol. The smallest absolute Gasteiger partial charge is 0.336 e. The van der Waals surface area contributed by atoms with Crippen LogP contribution in [0.5, 0.6) is 0 Å². The van der Waals surface area contributed by atoms with Gasteiger partial charge in [0.15, 0.2) is 0 Å². The van der Waals surface area contributed by atoms with Crippen molar-refractivity contribution < 1.29 is 14.7 Å². The van der Waals surface area contributed by atoms with E-state index < -0.39 is 11.9 Å². The Morgan fingerprint density at radius 1 is 1.18 bits per heavy atom. The number of amides is 3. The second-order valence-corrected chi connectivity index (χ2v) is 4.91. The highest BCUT2D eigenvalue weighted by atomic mass is 32.1. The van der Waals surface area contributed by atoms with E-state index in [0.29, 0.717) is 22.5 Å². The molecule has 0 aliphatic heterocycles. The lowest BCUT2D eigenvalue weighted by atomic mass is 10.2. The van der Waals surface area contributed by atoms with Gasteiger partial charge in [0, 0.05) is 11.3 Å². The molecule has 0 fully saturated rings. The van der Waals surface area contributed by atoms with E-state index >= 15 is 0 Å². The van der Waals surface area contributed by atoms with Crippen molar-refractivity contribution in [3.8, 4) is 0 Å². The Hall–Kier alpha value is -2.51. The highest BCUT2D eigenvalue weighted by Gasteiger charge is 2.13. The van der Waals surface area contributed by atoms with Gasteiger partial charge in [-0.25, -0.2) is 9.10 Å². The quantitative estimate of drug-likeness (QED) is 0.651. The number of hydrogen-bond acceptors (Lipinski definition) is 4. The van der Waals surface area contributed by atoms with Gasteiger partial charge in [-0.1, -0.05) is 24.9 Å². The molecule has 2 aromatic rings. The molecule has 4 N–H and O–H groups in total. The van der Waals surface area contributed by atoms with Crippen molar-refractivity contribution in [2.24, 2.45) is 5.73 Å². The lowest BCUT2D eigenvalue weighted by Crippen LogP contribution is -2.26. The van der Waals surface area contributed by atoms with Crippen molar-refractivity contribution in [1.29, 1.82) is 0 Å². The average Bonchev–Trinajstić information content (AvgIpc) is 2.54. The first-order chi connectivity index (χ1) is 10.5. The van der Waals surface area contributed by atoms with Gasteiger partial charge >= 0.3 is 6.03 Å². The van der Waals surface area contributed by atoms with Gasteiger partial charge in [-0.3, -0.25) is 4.79 Å². The third kappa shape index (κ3) is 3.78. The Morgan fingerprint density at radius 3 is 2.45 bits per heavy atom. The molecule has 0 bridgehead atoms. The number of nitrogens with zero attached hydrogens (tertiary/aromatic N) is 1. The number of thiol groups is 1. The van der Waals surface area contributed by atoms with Crippen molar-refractivity contribution in [3.05, 3.63) is 59.7 Å². The number of carbonyl (C=O) groups is 2. The van der Waals surface area contributed by atoms with Crippen LogP contribution in [0.1, 0.15) is 15.9 Å². The number of aliphatic hydroxyl groups is 1. The monoisotopic (exact) mass is 317 g/mol. The first-order valence-corrected chi connectivity index (χ1v) is 6.81. The molecule has 114 valence electrons. The fourth-order valence-corrected chi connectivity index (χ4v) is 1.99. The van der Waals surface area contributed by atoms with Crippen LogP contribution in [0.4, 0.5) is 16.2 Å². The van der Waals surface area contributed by atoms with Gasteiger partial charge in [0.05, 0.1) is 12.3 Å². The maximum absolute atomic E-state index is 12.1. The number of anilines is 2. The molecule has 2 aromatic carbocycles. The van der Waals surface area contributed by atoms with Gasteiger partial charge in [0.25, 0.3) is 0 Å². The molecule has 0 heterocycles. The molecule has 3 amide bonds. The lowest BCUT2D eigenvalue weighted by molar-refractivity contribution is 0.100. The third-order valence-corrected chi connectivity index (χ3v) is 3.36. The molecule has 0 aliphatic carbocycles. The molecular formula is C15H15N3O3S. The van der Waals surface area contributed by atoms with Gasteiger partial charge in [-0.15, -0.1) is 0 Å². The normalized spacial score (nSPS) is 10.1. The van der Waals surface area contributed by atoms with Gasteiger partial charge in [-0.05, 0) is 42.0 Å². The molecule has 7 heteroatoms. The van der Waals surface area contributed by atoms with Crippen molar-refractivity contribution in [3.63, 3.8) is 0 Å². The maximum Gasteiger partial charge on any atom is 0.336 e. The van der Waals surface area contributed by atoms with Gasteiger partial charge in [-0.2, -0.15) is 0 Å². The van der Waals surface area contributed by atoms with E-state index in [0.717, 1.165) is 4.31 Å². The van der Waals surface area contributed by atoms with E-state index in [1.165, 1.54) is 12.1 Å². The van der Waals surface area contributed by atoms with Crippen LogP contribution in [-0.2, 0) is 6.61 Å². The predicted molar refractivity (Wildman–Crippen MR) is 87.8 cm³/mol. The van der Waals surface area contributed by atoms with Crippen molar-refractivity contribution in [2.45, 2.75) is 6.61 Å². The van der Waals surface area contributed by atoms with Crippen molar-refractivity contribution in [2.75, 3.05) is 9.62 Å². The van der Waals surface area contributed by atoms with E-state index in [9.17, 15) is 9.59 Å². The van der Waals surface area contributed by atoms with Crippen molar-refractivity contribution >= 4 is 36.1 Å². The minimum absolute atomic E-state index is 0.108. The lowest BCUT2D eigenvalue weighted by Gasteiger charge is -2.17. The van der Waals surface area contributed by atoms with Crippen LogP contribution < -0.4 is 15.4 Å². The number of primary amides is 1. The number of hydrogen-bond donors (Lipinski definition) is 4. The number of nitrogens with two attached hydrogens (primary N) is 1. The van der Waals surface area contributed by atoms with Gasteiger partial charge < -0.3 is 16.2 Å². The van der Waals surface area contributed by atoms with Crippen LogP contribution in [-0.4, -0.2) is 17.0 Å². The molecule has 0 aliphatic rings. The summed E-state index contributed by atoms with van der Waals surface area (Å²) in [6.45, 7) is -0.108. The van der Waals surface area contributed by atoms with E-state index in [2.05, 4.69) is 18.1 Å². The molecule has 0 atom stereocenters. The molecule has 0 radical (unpaired) electrons. The fraction of sp³-hybridized carbons (Fsp3) is 0.0667. The van der Waals surface area contributed by atoms with E-state index in [1.54, 1.807) is 36.4 Å². The number of urea groups is 1. The van der Waals surface area contributed by atoms with E-state index in [1.807, 2.05) is 0 Å². The highest BCUT2D eigenvalue weighted by molar-refractivity contribution is 7.82. The van der Waals surface area contributed by atoms with Crippen LogP contribution in [0, 0.1) is 0 Å². The molecule has 22 heavy (non-hydrogen) atoms. The standard InChI is InChI=1S/C15H15N3O3S/c16-14(20)11-4-6-13(7-5-11)18(22)15(21)17-12-3-1-2-10(8-12)9-19/h1-8,19,22H,9H2,(H2,16,20)(H,17,21). The Kier molecular flexibility index (Phi) is 5.03. The van der Waals surface area contributed by atoms with Crippen LogP contribution in [0.2, 0.25) is 0 Å². The molecule has 2 rings (SSSR count). The molecule has 0 saturated carbocycles. The molecule has 6 nitrogen and oxygen atoms in total. The third-order valence-electron chi connectivity index (χ3n) is 2.95. The second-order valence-electron chi connectivity index (χ2n) is 4.51. The number of rotatable bonds is 4. The predicted octanol–water partition coefficient (Wildman–Crippen LogP) is 2.16. The van der Waals surface area contributed by atoms with Crippen LogP contribution in [0.3, 0.4) is 0 Å². The summed E-state index contributed by atoms with van der Waals surface area (Å²) < 4.78 is 1.11. The van der Waals surface area contributed by atoms with E-state index in [4.69, 9.17) is 10.8 Å². The fourth-order valence-electron chi connectivity index (χ4n) is 1.81. The largest absolute Gasteiger partial charge is 0.392 e. The highest BCUT2D eigenvalue weighted by Crippen LogP contribution is 2.19. The van der Waals surface area contributed by atoms with E-state index in [-0.39, 0.29) is 6.61 Å². The summed E-state index contributed by atoms with van der Waals surface area (Å²) in [6.07, 6.45) is 0. The van der Waals surface area contributed by atoms with Crippen LogP contribution >= 0.6 is 12.8 Å². The Morgan fingerprint density at radius 2 is 1.86 bits per heavy atom. The summed E-state index contributed by atoms with van der Waals surface area (Å²) in [5.41, 5.74) is 7.23. The first kappa shape index (κ1) is 15.9. The van der Waals surface area contributed by atoms with Gasteiger partial charge in [0.2, 0.25) is 5.91 Å². The van der Waals surface area contributed by atoms with Crippen LogP contribution in [0.15, 0.2) is 48.5 Å². The van der Waals surface area contributed by atoms with Gasteiger partial charge in [0.1, 0.15) is 0 Å². The topological polar surface area (TPSA) is 95.7 Å². The number of benzene rings is 2. The zero-order valence-corrected chi connectivity index (χ0v) is 12.5. The Balaban J connectivity index is 2.09. The first-order valence-electron chi connectivity index (χ1n) is 6.41. The number of carbonyl (C=O) groups excluding carboxylic acids is 2. The van der Waals surface area contributed by atoms with Crippen molar-refractivity contribution in [1.82, 2.24) is 0 Å². The van der Waals surface area contributed by atoms with Crippen LogP contribution in [0.25, 0.3) is 0 Å². The molecule has 0 spiro atoms.